The highest BCUT2D eigenvalue weighted by molar-refractivity contribution is 7.98. The number of nitrogens with two attached hydrogens (primary N) is 1. The van der Waals surface area contributed by atoms with Gasteiger partial charge in [0, 0.05) is 24.9 Å². The first kappa shape index (κ1) is 15.6. The van der Waals surface area contributed by atoms with Crippen molar-refractivity contribution in [2.24, 2.45) is 0 Å². The lowest BCUT2D eigenvalue weighted by molar-refractivity contribution is -0.126. The minimum atomic E-state index is 0.0241. The summed E-state index contributed by atoms with van der Waals surface area (Å²) >= 11 is 1.80. The highest BCUT2D eigenvalue weighted by Gasteiger charge is 2.12. The highest BCUT2D eigenvalue weighted by atomic mass is 32.2. The van der Waals surface area contributed by atoms with E-state index < -0.39 is 0 Å². The van der Waals surface area contributed by atoms with Crippen molar-refractivity contribution in [3.05, 3.63) is 35.9 Å². The first-order chi connectivity index (χ1) is 9.04. The van der Waals surface area contributed by atoms with Gasteiger partial charge in [0.15, 0.2) is 0 Å². The van der Waals surface area contributed by atoms with E-state index in [1.54, 1.807) is 28.8 Å². The molecule has 2 N–H and O–H groups in total. The molecule has 0 heterocycles. The van der Waals surface area contributed by atoms with Crippen molar-refractivity contribution in [1.29, 1.82) is 0 Å². The van der Waals surface area contributed by atoms with Gasteiger partial charge >= 0.3 is 0 Å². The number of benzene rings is 1. The quantitative estimate of drug-likeness (QED) is 0.643. The van der Waals surface area contributed by atoms with E-state index >= 15 is 0 Å². The molecule has 0 aliphatic heterocycles. The first-order valence-corrected chi connectivity index (χ1v) is 7.73. The molecule has 0 radical (unpaired) electrons. The standard InChI is InChI=1S/C15H22N2OS/c1-12(9-10-19-3)17(2)15(18)8-7-13-5-4-6-14(16)11-13/h4-8,11-12H,9-10,16H2,1-3H3/b8-7+. The van der Waals surface area contributed by atoms with Crippen molar-refractivity contribution >= 4 is 29.4 Å². The number of anilines is 1. The van der Waals surface area contributed by atoms with Gasteiger partial charge in [0.2, 0.25) is 5.91 Å². The third-order valence-electron chi connectivity index (χ3n) is 3.08. The number of likely N-dealkylation sites (N-methyl/N-ethyl adjacent to an activating group) is 1. The average Bonchev–Trinajstić information content (AvgIpc) is 2.41. The third-order valence-corrected chi connectivity index (χ3v) is 3.72. The van der Waals surface area contributed by atoms with E-state index in [4.69, 9.17) is 5.73 Å². The molecule has 1 aromatic rings. The molecule has 1 rings (SSSR count). The number of thioether (sulfide) groups is 1. The molecule has 0 saturated heterocycles. The number of amides is 1. The van der Waals surface area contributed by atoms with E-state index in [0.717, 1.165) is 17.7 Å². The summed E-state index contributed by atoms with van der Waals surface area (Å²) in [7, 11) is 1.84. The highest BCUT2D eigenvalue weighted by Crippen LogP contribution is 2.10. The van der Waals surface area contributed by atoms with Crippen molar-refractivity contribution in [3.8, 4) is 0 Å². The van der Waals surface area contributed by atoms with Crippen LogP contribution in [-0.2, 0) is 4.79 Å². The molecule has 3 nitrogen and oxygen atoms in total. The van der Waals surface area contributed by atoms with Crippen molar-refractivity contribution in [2.45, 2.75) is 19.4 Å². The Morgan fingerprint density at radius 3 is 2.89 bits per heavy atom. The monoisotopic (exact) mass is 278 g/mol. The minimum Gasteiger partial charge on any atom is -0.399 e. The van der Waals surface area contributed by atoms with Gasteiger partial charge in [0.1, 0.15) is 0 Å². The molecule has 0 aliphatic carbocycles. The Morgan fingerprint density at radius 2 is 2.26 bits per heavy atom. The Hall–Kier alpha value is -1.42. The van der Waals surface area contributed by atoms with Crippen LogP contribution in [0.2, 0.25) is 0 Å². The number of carbonyl (C=O) groups excluding carboxylic acids is 1. The Bertz CT molecular complexity index is 446. The molecular formula is C15H22N2OS. The fourth-order valence-electron chi connectivity index (χ4n) is 1.65. The fraction of sp³-hybridized carbons (Fsp3) is 0.400. The van der Waals surface area contributed by atoms with Gasteiger partial charge in [-0.05, 0) is 49.1 Å². The number of rotatable bonds is 6. The fourth-order valence-corrected chi connectivity index (χ4v) is 2.22. The molecule has 0 spiro atoms. The first-order valence-electron chi connectivity index (χ1n) is 6.34. The van der Waals surface area contributed by atoms with E-state index in [1.807, 2.05) is 31.3 Å². The van der Waals surface area contributed by atoms with Crippen molar-refractivity contribution < 1.29 is 4.79 Å². The Labute approximate surface area is 119 Å². The minimum absolute atomic E-state index is 0.0241. The predicted octanol–water partition coefficient (Wildman–Crippen LogP) is 2.88. The van der Waals surface area contributed by atoms with Crippen LogP contribution in [0.5, 0.6) is 0 Å². The van der Waals surface area contributed by atoms with E-state index in [0.29, 0.717) is 5.69 Å². The van der Waals surface area contributed by atoms with E-state index in [1.165, 1.54) is 0 Å². The second-order valence-electron chi connectivity index (χ2n) is 4.58. The normalized spacial score (nSPS) is 12.6. The topological polar surface area (TPSA) is 46.3 Å². The number of nitrogens with zero attached hydrogens (tertiary/aromatic N) is 1. The summed E-state index contributed by atoms with van der Waals surface area (Å²) < 4.78 is 0. The Kier molecular flexibility index (Phi) is 6.50. The molecular weight excluding hydrogens is 256 g/mol. The van der Waals surface area contributed by atoms with Crippen molar-refractivity contribution in [2.75, 3.05) is 24.8 Å². The molecule has 1 atom stereocenters. The zero-order valence-electron chi connectivity index (χ0n) is 11.8. The second kappa shape index (κ2) is 7.89. The average molecular weight is 278 g/mol. The van der Waals surface area contributed by atoms with Crippen LogP contribution in [0.15, 0.2) is 30.3 Å². The van der Waals surface area contributed by atoms with Crippen LogP contribution in [0.25, 0.3) is 6.08 Å². The van der Waals surface area contributed by atoms with Crippen LogP contribution >= 0.6 is 11.8 Å². The lowest BCUT2D eigenvalue weighted by atomic mass is 10.2. The Morgan fingerprint density at radius 1 is 1.53 bits per heavy atom. The maximum atomic E-state index is 12.0. The summed E-state index contributed by atoms with van der Waals surface area (Å²) in [5, 5.41) is 0. The summed E-state index contributed by atoms with van der Waals surface area (Å²) in [5.41, 5.74) is 7.34. The van der Waals surface area contributed by atoms with Gasteiger partial charge < -0.3 is 10.6 Å². The molecule has 19 heavy (non-hydrogen) atoms. The molecule has 0 aromatic heterocycles. The summed E-state index contributed by atoms with van der Waals surface area (Å²) in [4.78, 5) is 13.8. The maximum absolute atomic E-state index is 12.0. The molecule has 1 aromatic carbocycles. The number of carbonyl (C=O) groups is 1. The molecule has 0 bridgehead atoms. The van der Waals surface area contributed by atoms with Crippen LogP contribution in [-0.4, -0.2) is 35.9 Å². The summed E-state index contributed by atoms with van der Waals surface area (Å²) in [6, 6.07) is 7.74. The SMILES string of the molecule is CSCCC(C)N(C)C(=O)/C=C/c1cccc(N)c1. The second-order valence-corrected chi connectivity index (χ2v) is 5.57. The van der Waals surface area contributed by atoms with Crippen LogP contribution in [0.4, 0.5) is 5.69 Å². The van der Waals surface area contributed by atoms with Gasteiger partial charge in [-0.1, -0.05) is 12.1 Å². The lowest BCUT2D eigenvalue weighted by Gasteiger charge is -2.23. The van der Waals surface area contributed by atoms with Gasteiger partial charge in [0.05, 0.1) is 0 Å². The van der Waals surface area contributed by atoms with Crippen LogP contribution < -0.4 is 5.73 Å². The molecule has 104 valence electrons. The van der Waals surface area contributed by atoms with E-state index in [2.05, 4.69) is 13.2 Å². The van der Waals surface area contributed by atoms with Gasteiger partial charge in [-0.25, -0.2) is 0 Å². The summed E-state index contributed by atoms with van der Waals surface area (Å²) in [6.45, 7) is 2.07. The molecule has 4 heteroatoms. The van der Waals surface area contributed by atoms with E-state index in [-0.39, 0.29) is 11.9 Å². The van der Waals surface area contributed by atoms with Crippen LogP contribution in [0.1, 0.15) is 18.9 Å². The van der Waals surface area contributed by atoms with Gasteiger partial charge in [-0.2, -0.15) is 11.8 Å². The predicted molar refractivity (Wildman–Crippen MR) is 85.1 cm³/mol. The summed E-state index contributed by atoms with van der Waals surface area (Å²) in [5.74, 6) is 1.09. The molecule has 1 unspecified atom stereocenters. The van der Waals surface area contributed by atoms with Gasteiger partial charge in [0.25, 0.3) is 0 Å². The third kappa shape index (κ3) is 5.39. The number of nitrogen functional groups attached to an aromatic ring is 1. The van der Waals surface area contributed by atoms with Crippen molar-refractivity contribution in [1.82, 2.24) is 4.90 Å². The van der Waals surface area contributed by atoms with Crippen molar-refractivity contribution in [3.63, 3.8) is 0 Å². The van der Waals surface area contributed by atoms with Crippen LogP contribution in [0, 0.1) is 0 Å². The molecule has 1 amide bonds. The largest absolute Gasteiger partial charge is 0.399 e. The Balaban J connectivity index is 2.58. The molecule has 0 fully saturated rings. The zero-order chi connectivity index (χ0) is 14.3. The lowest BCUT2D eigenvalue weighted by Crippen LogP contribution is -2.34. The number of hydrogen-bond acceptors (Lipinski definition) is 3. The summed E-state index contributed by atoms with van der Waals surface area (Å²) in [6.07, 6.45) is 6.49. The van der Waals surface area contributed by atoms with Crippen LogP contribution in [0.3, 0.4) is 0 Å². The maximum Gasteiger partial charge on any atom is 0.246 e. The molecule has 0 saturated carbocycles. The van der Waals surface area contributed by atoms with Gasteiger partial charge in [-0.15, -0.1) is 0 Å². The molecule has 0 aliphatic rings. The number of hydrogen-bond donors (Lipinski definition) is 1. The van der Waals surface area contributed by atoms with E-state index in [9.17, 15) is 4.79 Å². The zero-order valence-corrected chi connectivity index (χ0v) is 12.6. The van der Waals surface area contributed by atoms with Gasteiger partial charge in [-0.3, -0.25) is 4.79 Å². The smallest absolute Gasteiger partial charge is 0.246 e.